The van der Waals surface area contributed by atoms with Crippen molar-refractivity contribution < 1.29 is 0 Å². The van der Waals surface area contributed by atoms with Crippen LogP contribution in [-0.4, -0.2) is 23.3 Å². The molecule has 1 rings (SSSR count). The van der Waals surface area contributed by atoms with Gasteiger partial charge in [0, 0.05) is 13.1 Å². The lowest BCUT2D eigenvalue weighted by atomic mass is 10.0. The molecule has 106 valence electrons. The monoisotopic (exact) mass is 271 g/mol. The first-order valence-electron chi connectivity index (χ1n) is 7.05. The van der Waals surface area contributed by atoms with Gasteiger partial charge in [-0.25, -0.2) is 0 Å². The summed E-state index contributed by atoms with van der Waals surface area (Å²) in [6.07, 6.45) is 1.53. The molecule has 0 bridgehead atoms. The molecule has 1 aromatic heterocycles. The number of rotatable bonds is 6. The third-order valence-electron chi connectivity index (χ3n) is 3.34. The van der Waals surface area contributed by atoms with Gasteiger partial charge < -0.3 is 4.90 Å². The van der Waals surface area contributed by atoms with E-state index in [2.05, 4.69) is 22.3 Å². The zero-order chi connectivity index (χ0) is 15.1. The average molecular weight is 271 g/mol. The van der Waals surface area contributed by atoms with Crippen LogP contribution in [0.25, 0.3) is 0 Å². The second-order valence-electron chi connectivity index (χ2n) is 4.71. The quantitative estimate of drug-likeness (QED) is 0.794. The van der Waals surface area contributed by atoms with Crippen molar-refractivity contribution in [3.8, 4) is 12.1 Å². The molecule has 0 saturated carbocycles. The van der Waals surface area contributed by atoms with Crippen LogP contribution in [0.15, 0.2) is 0 Å². The normalized spacial score (nSPS) is 11.5. The lowest BCUT2D eigenvalue weighted by molar-refractivity contribution is 0.670. The maximum absolute atomic E-state index is 9.48. The maximum Gasteiger partial charge on any atom is 0.169 e. The Morgan fingerprint density at radius 2 is 1.85 bits per heavy atom. The highest BCUT2D eigenvalue weighted by molar-refractivity contribution is 5.58. The van der Waals surface area contributed by atoms with Crippen LogP contribution in [0, 0.1) is 28.6 Å². The third-order valence-corrected chi connectivity index (χ3v) is 3.34. The summed E-state index contributed by atoms with van der Waals surface area (Å²) in [5, 5.41) is 26.9. The first-order valence-corrected chi connectivity index (χ1v) is 7.05. The van der Waals surface area contributed by atoms with E-state index in [0.717, 1.165) is 24.1 Å². The topological polar surface area (TPSA) is 76.6 Å². The summed E-state index contributed by atoms with van der Waals surface area (Å²) in [6.45, 7) is 9.15. The number of anilines is 1. The Balaban J connectivity index is 3.30. The van der Waals surface area contributed by atoms with Crippen LogP contribution < -0.4 is 4.90 Å². The summed E-state index contributed by atoms with van der Waals surface area (Å²) in [5.74, 6) is 0.491. The number of hydrogen-bond donors (Lipinski definition) is 0. The van der Waals surface area contributed by atoms with E-state index in [1.54, 1.807) is 0 Å². The van der Waals surface area contributed by atoms with Crippen molar-refractivity contribution in [2.45, 2.75) is 40.5 Å². The smallest absolute Gasteiger partial charge is 0.169 e. The van der Waals surface area contributed by atoms with E-state index < -0.39 is 0 Å². The minimum absolute atomic E-state index is 0.112. The van der Waals surface area contributed by atoms with Crippen LogP contribution in [0.5, 0.6) is 0 Å². The van der Waals surface area contributed by atoms with E-state index >= 15 is 0 Å². The molecule has 20 heavy (non-hydrogen) atoms. The molecule has 1 aromatic rings. The Morgan fingerprint density at radius 1 is 1.15 bits per heavy atom. The van der Waals surface area contributed by atoms with E-state index in [4.69, 9.17) is 5.26 Å². The molecule has 0 amide bonds. The van der Waals surface area contributed by atoms with Crippen LogP contribution in [-0.2, 0) is 12.8 Å². The highest BCUT2D eigenvalue weighted by Gasteiger charge is 2.19. The molecule has 0 fully saturated rings. The zero-order valence-corrected chi connectivity index (χ0v) is 12.6. The fourth-order valence-corrected chi connectivity index (χ4v) is 2.24. The molecule has 0 aliphatic rings. The zero-order valence-electron chi connectivity index (χ0n) is 12.6. The minimum Gasteiger partial charge on any atom is -0.353 e. The van der Waals surface area contributed by atoms with Gasteiger partial charge in [0.25, 0.3) is 0 Å². The summed E-state index contributed by atoms with van der Waals surface area (Å²) in [7, 11) is 0. The molecule has 0 aliphatic carbocycles. The summed E-state index contributed by atoms with van der Waals surface area (Å²) < 4.78 is 0. The molecule has 5 heteroatoms. The molecule has 1 heterocycles. The summed E-state index contributed by atoms with van der Waals surface area (Å²) in [6, 6.07) is 4.48. The van der Waals surface area contributed by atoms with E-state index in [-0.39, 0.29) is 5.92 Å². The predicted octanol–water partition coefficient (Wildman–Crippen LogP) is 2.46. The van der Waals surface area contributed by atoms with Gasteiger partial charge in [0.15, 0.2) is 5.82 Å². The van der Waals surface area contributed by atoms with Crippen molar-refractivity contribution in [2.75, 3.05) is 18.0 Å². The van der Waals surface area contributed by atoms with Crippen LogP contribution in [0.4, 0.5) is 5.82 Å². The van der Waals surface area contributed by atoms with Gasteiger partial charge in [-0.2, -0.15) is 15.6 Å². The van der Waals surface area contributed by atoms with Crippen molar-refractivity contribution in [1.82, 2.24) is 10.2 Å². The van der Waals surface area contributed by atoms with E-state index in [9.17, 15) is 5.26 Å². The van der Waals surface area contributed by atoms with Crippen molar-refractivity contribution in [2.24, 2.45) is 5.92 Å². The summed E-state index contributed by atoms with van der Waals surface area (Å²) >= 11 is 0. The fraction of sp³-hybridized carbons (Fsp3) is 0.600. The first-order chi connectivity index (χ1) is 9.62. The van der Waals surface area contributed by atoms with E-state index in [1.165, 1.54) is 0 Å². The Labute approximate surface area is 120 Å². The SMILES string of the molecule is CCc1nnc(N(CC)CC(C)C#N)c(C#N)c1CC. The Kier molecular flexibility index (Phi) is 5.93. The Hall–Kier alpha value is -2.14. The second kappa shape index (κ2) is 7.45. The largest absolute Gasteiger partial charge is 0.353 e. The first kappa shape index (κ1) is 15.9. The molecule has 0 aliphatic heterocycles. The summed E-state index contributed by atoms with van der Waals surface area (Å²) in [5.41, 5.74) is 2.46. The highest BCUT2D eigenvalue weighted by Crippen LogP contribution is 2.23. The number of aromatic nitrogens is 2. The molecular formula is C15H21N5. The predicted molar refractivity (Wildman–Crippen MR) is 78.2 cm³/mol. The van der Waals surface area contributed by atoms with Crippen molar-refractivity contribution in [1.29, 1.82) is 10.5 Å². The van der Waals surface area contributed by atoms with Gasteiger partial charge in [0.1, 0.15) is 11.6 Å². The summed E-state index contributed by atoms with van der Waals surface area (Å²) in [4.78, 5) is 1.96. The van der Waals surface area contributed by atoms with Crippen molar-refractivity contribution >= 4 is 5.82 Å². The number of nitrogens with zero attached hydrogens (tertiary/aromatic N) is 5. The van der Waals surface area contributed by atoms with Crippen LogP contribution in [0.2, 0.25) is 0 Å². The van der Waals surface area contributed by atoms with Gasteiger partial charge in [-0.1, -0.05) is 13.8 Å². The van der Waals surface area contributed by atoms with Gasteiger partial charge in [-0.3, -0.25) is 0 Å². The van der Waals surface area contributed by atoms with Crippen LogP contribution >= 0.6 is 0 Å². The van der Waals surface area contributed by atoms with Gasteiger partial charge in [0.05, 0.1) is 17.7 Å². The molecule has 1 atom stereocenters. The maximum atomic E-state index is 9.48. The molecular weight excluding hydrogens is 250 g/mol. The van der Waals surface area contributed by atoms with Gasteiger partial charge in [-0.05, 0) is 32.3 Å². The molecule has 0 radical (unpaired) electrons. The highest BCUT2D eigenvalue weighted by atomic mass is 15.3. The van der Waals surface area contributed by atoms with Crippen molar-refractivity contribution in [3.63, 3.8) is 0 Å². The third kappa shape index (κ3) is 3.24. The lowest BCUT2D eigenvalue weighted by Crippen LogP contribution is -2.30. The Morgan fingerprint density at radius 3 is 2.30 bits per heavy atom. The molecule has 0 saturated heterocycles. The molecule has 0 spiro atoms. The van der Waals surface area contributed by atoms with E-state index in [1.807, 2.05) is 32.6 Å². The van der Waals surface area contributed by atoms with Crippen LogP contribution in [0.3, 0.4) is 0 Å². The van der Waals surface area contributed by atoms with Gasteiger partial charge >= 0.3 is 0 Å². The molecule has 5 nitrogen and oxygen atoms in total. The Bertz CT molecular complexity index is 538. The molecule has 0 N–H and O–H groups in total. The molecule has 1 unspecified atom stereocenters. The average Bonchev–Trinajstić information content (AvgIpc) is 2.50. The fourth-order valence-electron chi connectivity index (χ4n) is 2.24. The van der Waals surface area contributed by atoms with Crippen molar-refractivity contribution in [3.05, 3.63) is 16.8 Å². The number of aryl methyl sites for hydroxylation is 1. The number of nitriles is 2. The molecule has 0 aromatic carbocycles. The second-order valence-corrected chi connectivity index (χ2v) is 4.71. The minimum atomic E-state index is -0.112. The van der Waals surface area contributed by atoms with Gasteiger partial charge in [0.2, 0.25) is 0 Å². The van der Waals surface area contributed by atoms with Crippen LogP contribution in [0.1, 0.15) is 44.5 Å². The lowest BCUT2D eigenvalue weighted by Gasteiger charge is -2.24. The van der Waals surface area contributed by atoms with E-state index in [0.29, 0.717) is 24.5 Å². The number of hydrogen-bond acceptors (Lipinski definition) is 5. The standard InChI is InChI=1S/C15H21N5/c1-5-12-13(9-17)15(19-18-14(12)6-2)20(7-3)10-11(4)8-16/h11H,5-7,10H2,1-4H3. The van der Waals surface area contributed by atoms with Gasteiger partial charge in [-0.15, -0.1) is 5.10 Å².